The van der Waals surface area contributed by atoms with Gasteiger partial charge >= 0.3 is 5.97 Å². The van der Waals surface area contributed by atoms with Gasteiger partial charge in [-0.3, -0.25) is 4.79 Å². The second kappa shape index (κ2) is 7.09. The molecular formula is C16H14BrNO4. The third kappa shape index (κ3) is 3.65. The quantitative estimate of drug-likeness (QED) is 0.846. The van der Waals surface area contributed by atoms with Gasteiger partial charge in [-0.1, -0.05) is 28.1 Å². The Bertz CT molecular complexity index is 715. The van der Waals surface area contributed by atoms with Crippen LogP contribution >= 0.6 is 15.9 Å². The lowest BCUT2D eigenvalue weighted by Crippen LogP contribution is -2.16. The molecule has 0 aliphatic rings. The molecule has 0 aliphatic heterocycles. The van der Waals surface area contributed by atoms with E-state index >= 15 is 0 Å². The Morgan fingerprint density at radius 1 is 1.18 bits per heavy atom. The summed E-state index contributed by atoms with van der Waals surface area (Å²) in [6, 6.07) is 11.4. The number of nitrogens with one attached hydrogen (secondary N) is 1. The van der Waals surface area contributed by atoms with Crippen molar-refractivity contribution in [2.75, 3.05) is 11.9 Å². The van der Waals surface area contributed by atoms with Crippen molar-refractivity contribution in [3.05, 3.63) is 58.1 Å². The van der Waals surface area contributed by atoms with E-state index in [1.165, 1.54) is 12.1 Å². The minimum Gasteiger partial charge on any atom is -0.493 e. The van der Waals surface area contributed by atoms with Gasteiger partial charge in [0.15, 0.2) is 0 Å². The van der Waals surface area contributed by atoms with Gasteiger partial charge in [-0.05, 0) is 37.3 Å². The first-order valence-electron chi connectivity index (χ1n) is 6.59. The Balaban J connectivity index is 2.32. The number of halogens is 1. The lowest BCUT2D eigenvalue weighted by molar-refractivity contribution is 0.0698. The van der Waals surface area contributed by atoms with Gasteiger partial charge in [0, 0.05) is 4.47 Å². The van der Waals surface area contributed by atoms with Crippen LogP contribution in [0.2, 0.25) is 0 Å². The molecule has 2 rings (SSSR count). The highest BCUT2D eigenvalue weighted by molar-refractivity contribution is 9.10. The molecule has 0 spiro atoms. The van der Waals surface area contributed by atoms with Crippen LogP contribution < -0.4 is 10.1 Å². The lowest BCUT2D eigenvalue weighted by Gasteiger charge is -2.12. The summed E-state index contributed by atoms with van der Waals surface area (Å²) in [5.41, 5.74) is 0.590. The molecule has 0 aromatic heterocycles. The maximum Gasteiger partial charge on any atom is 0.337 e. The van der Waals surface area contributed by atoms with Crippen molar-refractivity contribution < 1.29 is 19.4 Å². The van der Waals surface area contributed by atoms with Crippen molar-refractivity contribution in [2.45, 2.75) is 6.92 Å². The first kappa shape index (κ1) is 16.0. The van der Waals surface area contributed by atoms with Crippen molar-refractivity contribution in [2.24, 2.45) is 0 Å². The smallest absolute Gasteiger partial charge is 0.337 e. The number of carboxylic acids is 1. The fourth-order valence-corrected chi connectivity index (χ4v) is 2.29. The number of anilines is 1. The van der Waals surface area contributed by atoms with Gasteiger partial charge in [0.2, 0.25) is 0 Å². The van der Waals surface area contributed by atoms with Crippen molar-refractivity contribution in [3.8, 4) is 5.75 Å². The van der Waals surface area contributed by atoms with Gasteiger partial charge in [0.05, 0.1) is 23.4 Å². The molecule has 1 amide bonds. The second-order valence-electron chi connectivity index (χ2n) is 4.38. The Labute approximate surface area is 136 Å². The van der Waals surface area contributed by atoms with Gasteiger partial charge in [0.25, 0.3) is 5.91 Å². The van der Waals surface area contributed by atoms with E-state index < -0.39 is 11.9 Å². The molecule has 0 heterocycles. The summed E-state index contributed by atoms with van der Waals surface area (Å²) in [5.74, 6) is -1.08. The molecule has 114 valence electrons. The highest BCUT2D eigenvalue weighted by Crippen LogP contribution is 2.24. The molecule has 0 bridgehead atoms. The molecule has 0 saturated carbocycles. The topological polar surface area (TPSA) is 75.6 Å². The van der Waals surface area contributed by atoms with Crippen LogP contribution in [0.1, 0.15) is 27.6 Å². The van der Waals surface area contributed by atoms with Gasteiger partial charge in [-0.15, -0.1) is 0 Å². The number of ether oxygens (including phenoxy) is 1. The Morgan fingerprint density at radius 2 is 1.91 bits per heavy atom. The van der Waals surface area contributed by atoms with Crippen LogP contribution in [0, 0.1) is 0 Å². The summed E-state index contributed by atoms with van der Waals surface area (Å²) < 4.78 is 6.03. The third-order valence-electron chi connectivity index (χ3n) is 2.89. The Hall–Kier alpha value is -2.34. The minimum absolute atomic E-state index is 0.0108. The predicted molar refractivity (Wildman–Crippen MR) is 86.7 cm³/mol. The van der Waals surface area contributed by atoms with Crippen molar-refractivity contribution in [1.29, 1.82) is 0 Å². The highest BCUT2D eigenvalue weighted by atomic mass is 79.9. The van der Waals surface area contributed by atoms with Crippen molar-refractivity contribution in [3.63, 3.8) is 0 Å². The standard InChI is InChI=1S/C16H14BrNO4/c1-2-22-14-6-4-3-5-11(14)15(19)18-13-8-7-10(17)9-12(13)16(20)21/h3-9H,2H2,1H3,(H,18,19)(H,20,21). The number of aromatic carboxylic acids is 1. The second-order valence-corrected chi connectivity index (χ2v) is 5.29. The summed E-state index contributed by atoms with van der Waals surface area (Å²) in [4.78, 5) is 23.6. The van der Waals surface area contributed by atoms with E-state index in [1.807, 2.05) is 6.92 Å². The number of para-hydroxylation sites is 1. The number of carbonyl (C=O) groups excluding carboxylic acids is 1. The SMILES string of the molecule is CCOc1ccccc1C(=O)Nc1ccc(Br)cc1C(=O)O. The van der Waals surface area contributed by atoms with Crippen LogP contribution in [0.25, 0.3) is 0 Å². The maximum absolute atomic E-state index is 12.4. The summed E-state index contributed by atoms with van der Waals surface area (Å²) in [5, 5.41) is 11.8. The number of hydrogen-bond donors (Lipinski definition) is 2. The molecule has 2 N–H and O–H groups in total. The van der Waals surface area contributed by atoms with Crippen LogP contribution in [0.15, 0.2) is 46.9 Å². The molecule has 0 saturated heterocycles. The summed E-state index contributed by atoms with van der Waals surface area (Å²) in [6.45, 7) is 2.26. The van der Waals surface area contributed by atoms with Gasteiger partial charge in [-0.25, -0.2) is 4.79 Å². The predicted octanol–water partition coefficient (Wildman–Crippen LogP) is 3.80. The zero-order valence-corrected chi connectivity index (χ0v) is 13.4. The normalized spacial score (nSPS) is 10.1. The van der Waals surface area contributed by atoms with Gasteiger partial charge in [-0.2, -0.15) is 0 Å². The molecule has 0 fully saturated rings. The zero-order chi connectivity index (χ0) is 16.1. The Kier molecular flexibility index (Phi) is 5.16. The first-order chi connectivity index (χ1) is 10.5. The molecule has 2 aromatic rings. The average molecular weight is 364 g/mol. The number of amides is 1. The van der Waals surface area contributed by atoms with Gasteiger partial charge < -0.3 is 15.2 Å². The van der Waals surface area contributed by atoms with E-state index in [2.05, 4.69) is 21.2 Å². The summed E-state index contributed by atoms with van der Waals surface area (Å²) >= 11 is 3.21. The van der Waals surface area contributed by atoms with E-state index in [4.69, 9.17) is 4.74 Å². The average Bonchev–Trinajstić information content (AvgIpc) is 2.49. The molecule has 6 heteroatoms. The van der Waals surface area contributed by atoms with Crippen LogP contribution in [-0.4, -0.2) is 23.6 Å². The molecule has 0 unspecified atom stereocenters. The van der Waals surface area contributed by atoms with Crippen molar-refractivity contribution in [1.82, 2.24) is 0 Å². The van der Waals surface area contributed by atoms with E-state index in [0.29, 0.717) is 22.4 Å². The zero-order valence-electron chi connectivity index (χ0n) is 11.8. The number of carboxylic acid groups (broad SMARTS) is 1. The molecule has 0 radical (unpaired) electrons. The Morgan fingerprint density at radius 3 is 2.59 bits per heavy atom. The van der Waals surface area contributed by atoms with Crippen LogP contribution in [0.5, 0.6) is 5.75 Å². The van der Waals surface area contributed by atoms with E-state index in [-0.39, 0.29) is 11.3 Å². The molecular weight excluding hydrogens is 350 g/mol. The van der Waals surface area contributed by atoms with E-state index in [1.54, 1.807) is 30.3 Å². The molecule has 2 aromatic carbocycles. The maximum atomic E-state index is 12.4. The first-order valence-corrected chi connectivity index (χ1v) is 7.38. The fourth-order valence-electron chi connectivity index (χ4n) is 1.93. The van der Waals surface area contributed by atoms with Crippen molar-refractivity contribution >= 4 is 33.5 Å². The monoisotopic (exact) mass is 363 g/mol. The highest BCUT2D eigenvalue weighted by Gasteiger charge is 2.16. The van der Waals surface area contributed by atoms with Crippen LogP contribution in [-0.2, 0) is 0 Å². The lowest BCUT2D eigenvalue weighted by atomic mass is 10.1. The minimum atomic E-state index is -1.12. The van der Waals surface area contributed by atoms with Crippen LogP contribution in [0.3, 0.4) is 0 Å². The third-order valence-corrected chi connectivity index (χ3v) is 3.39. The van der Waals surface area contributed by atoms with E-state index in [0.717, 1.165) is 0 Å². The molecule has 5 nitrogen and oxygen atoms in total. The molecule has 0 atom stereocenters. The largest absolute Gasteiger partial charge is 0.493 e. The van der Waals surface area contributed by atoms with Crippen LogP contribution in [0.4, 0.5) is 5.69 Å². The summed E-state index contributed by atoms with van der Waals surface area (Å²) in [7, 11) is 0. The summed E-state index contributed by atoms with van der Waals surface area (Å²) in [6.07, 6.45) is 0. The number of benzene rings is 2. The van der Waals surface area contributed by atoms with E-state index in [9.17, 15) is 14.7 Å². The number of carbonyl (C=O) groups is 2. The fraction of sp³-hybridized carbons (Fsp3) is 0.125. The number of rotatable bonds is 5. The van der Waals surface area contributed by atoms with Gasteiger partial charge in [0.1, 0.15) is 5.75 Å². The molecule has 0 aliphatic carbocycles. The number of hydrogen-bond acceptors (Lipinski definition) is 3. The molecule has 22 heavy (non-hydrogen) atoms.